The summed E-state index contributed by atoms with van der Waals surface area (Å²) in [6, 6.07) is 5.70. The molecule has 0 radical (unpaired) electrons. The predicted octanol–water partition coefficient (Wildman–Crippen LogP) is 3.01. The first kappa shape index (κ1) is 14.9. The van der Waals surface area contributed by atoms with Gasteiger partial charge >= 0.3 is 17.7 Å². The molecule has 0 spiro atoms. The van der Waals surface area contributed by atoms with Crippen molar-refractivity contribution >= 4 is 17.3 Å². The van der Waals surface area contributed by atoms with Gasteiger partial charge in [0.15, 0.2) is 0 Å². The predicted molar refractivity (Wildman–Crippen MR) is 73.8 cm³/mol. The smallest absolute Gasteiger partial charge is 0.329 e. The van der Waals surface area contributed by atoms with Crippen molar-refractivity contribution in [2.45, 2.75) is 13.3 Å². The van der Waals surface area contributed by atoms with Crippen LogP contribution in [0.4, 0.5) is 5.69 Å². The lowest BCUT2D eigenvalue weighted by Crippen LogP contribution is -2.03. The van der Waals surface area contributed by atoms with E-state index in [0.717, 1.165) is 6.42 Å². The Morgan fingerprint density at radius 3 is 2.67 bits per heavy atom. The maximum atomic E-state index is 10.9. The Morgan fingerprint density at radius 2 is 1.95 bits per heavy atom. The van der Waals surface area contributed by atoms with Crippen LogP contribution in [0, 0.1) is 10.1 Å². The number of para-hydroxylation sites is 2. The Balaban J connectivity index is 2.27. The van der Waals surface area contributed by atoms with Crippen LogP contribution in [-0.2, 0) is 0 Å². The summed E-state index contributed by atoms with van der Waals surface area (Å²) in [6.45, 7) is 2.33. The summed E-state index contributed by atoms with van der Waals surface area (Å²) in [6.07, 6.45) is 0.768. The van der Waals surface area contributed by atoms with Crippen molar-refractivity contribution in [2.75, 3.05) is 6.61 Å². The molecule has 0 fully saturated rings. The molecule has 0 aliphatic rings. The molecule has 1 aromatic heterocycles. The standard InChI is InChI=1S/C12H11ClN4O4/c1-2-7-20-11-14-10(13)15-12(16-11)21-9-6-4-3-5-8(9)17(18)19/h3-6H,2,7H2,1H3. The Morgan fingerprint density at radius 1 is 1.24 bits per heavy atom. The molecule has 9 heteroatoms. The van der Waals surface area contributed by atoms with Crippen LogP contribution in [0.25, 0.3) is 0 Å². The van der Waals surface area contributed by atoms with Crippen LogP contribution < -0.4 is 9.47 Å². The van der Waals surface area contributed by atoms with Crippen LogP contribution in [0.15, 0.2) is 24.3 Å². The van der Waals surface area contributed by atoms with Gasteiger partial charge in [-0.3, -0.25) is 10.1 Å². The molecule has 0 aliphatic carbocycles. The number of benzene rings is 1. The van der Waals surface area contributed by atoms with E-state index in [1.807, 2.05) is 6.92 Å². The van der Waals surface area contributed by atoms with Crippen molar-refractivity contribution in [3.63, 3.8) is 0 Å². The van der Waals surface area contributed by atoms with Crippen LogP contribution in [0.2, 0.25) is 5.28 Å². The van der Waals surface area contributed by atoms with Gasteiger partial charge in [0.25, 0.3) is 0 Å². The second kappa shape index (κ2) is 6.80. The highest BCUT2D eigenvalue weighted by Gasteiger charge is 2.17. The quantitative estimate of drug-likeness (QED) is 0.597. The molecule has 0 saturated heterocycles. The number of nitro benzene ring substituents is 1. The van der Waals surface area contributed by atoms with Gasteiger partial charge in [-0.1, -0.05) is 19.1 Å². The van der Waals surface area contributed by atoms with Crippen LogP contribution in [0.1, 0.15) is 13.3 Å². The minimum atomic E-state index is -0.563. The fourth-order valence-electron chi connectivity index (χ4n) is 1.41. The third kappa shape index (κ3) is 3.99. The number of hydrogen-bond donors (Lipinski definition) is 0. The fraction of sp³-hybridized carbons (Fsp3) is 0.250. The third-order valence-corrected chi connectivity index (χ3v) is 2.43. The number of aromatic nitrogens is 3. The first-order valence-corrected chi connectivity index (χ1v) is 6.43. The molecular weight excluding hydrogens is 300 g/mol. The molecule has 0 atom stereocenters. The van der Waals surface area contributed by atoms with E-state index in [1.54, 1.807) is 6.07 Å². The van der Waals surface area contributed by atoms with Crippen molar-refractivity contribution < 1.29 is 14.4 Å². The van der Waals surface area contributed by atoms with Crippen LogP contribution in [-0.4, -0.2) is 26.5 Å². The molecule has 0 bridgehead atoms. The molecular formula is C12H11ClN4O4. The Kier molecular flexibility index (Phi) is 4.83. The van der Waals surface area contributed by atoms with E-state index < -0.39 is 4.92 Å². The molecule has 0 aliphatic heterocycles. The lowest BCUT2D eigenvalue weighted by Gasteiger charge is -2.06. The summed E-state index contributed by atoms with van der Waals surface area (Å²) in [5.41, 5.74) is -0.204. The van der Waals surface area contributed by atoms with Gasteiger partial charge in [0.2, 0.25) is 11.0 Å². The number of nitro groups is 1. The number of hydrogen-bond acceptors (Lipinski definition) is 7. The van der Waals surface area contributed by atoms with Gasteiger partial charge in [-0.2, -0.15) is 9.97 Å². The number of ether oxygens (including phenoxy) is 2. The Hall–Kier alpha value is -2.48. The van der Waals surface area contributed by atoms with Gasteiger partial charge in [-0.15, -0.1) is 4.98 Å². The second-order valence-electron chi connectivity index (χ2n) is 3.84. The summed E-state index contributed by atoms with van der Waals surface area (Å²) in [7, 11) is 0. The average molecular weight is 311 g/mol. The average Bonchev–Trinajstić information content (AvgIpc) is 2.45. The van der Waals surface area contributed by atoms with E-state index in [0.29, 0.717) is 6.61 Å². The normalized spacial score (nSPS) is 10.2. The largest absolute Gasteiger partial charge is 0.463 e. The van der Waals surface area contributed by atoms with Gasteiger partial charge in [0.1, 0.15) is 0 Å². The van der Waals surface area contributed by atoms with Gasteiger partial charge < -0.3 is 9.47 Å². The van der Waals surface area contributed by atoms with Crippen molar-refractivity contribution in [2.24, 2.45) is 0 Å². The monoisotopic (exact) mass is 310 g/mol. The summed E-state index contributed by atoms with van der Waals surface area (Å²) in [4.78, 5) is 21.8. The summed E-state index contributed by atoms with van der Waals surface area (Å²) < 4.78 is 10.5. The molecule has 0 N–H and O–H groups in total. The van der Waals surface area contributed by atoms with E-state index in [1.165, 1.54) is 18.2 Å². The van der Waals surface area contributed by atoms with E-state index in [4.69, 9.17) is 21.1 Å². The summed E-state index contributed by atoms with van der Waals surface area (Å²) in [5, 5.41) is 10.8. The van der Waals surface area contributed by atoms with E-state index in [-0.39, 0.29) is 28.7 Å². The maximum Gasteiger partial charge on any atom is 0.329 e. The number of rotatable bonds is 6. The van der Waals surface area contributed by atoms with Crippen molar-refractivity contribution in [1.29, 1.82) is 0 Å². The van der Waals surface area contributed by atoms with Crippen LogP contribution >= 0.6 is 11.6 Å². The topological polar surface area (TPSA) is 100 Å². The summed E-state index contributed by atoms with van der Waals surface area (Å²) >= 11 is 5.74. The number of nitrogens with zero attached hydrogens (tertiary/aromatic N) is 4. The minimum absolute atomic E-state index is 0.00503. The molecule has 21 heavy (non-hydrogen) atoms. The Bertz CT molecular complexity index is 653. The zero-order chi connectivity index (χ0) is 15.2. The Labute approximate surface area is 124 Å². The summed E-state index contributed by atoms with van der Waals surface area (Å²) in [5.74, 6) is 0.00575. The van der Waals surface area contributed by atoms with Crippen molar-refractivity contribution in [3.05, 3.63) is 39.7 Å². The zero-order valence-electron chi connectivity index (χ0n) is 11.0. The molecule has 8 nitrogen and oxygen atoms in total. The van der Waals surface area contributed by atoms with Crippen LogP contribution in [0.5, 0.6) is 17.8 Å². The van der Waals surface area contributed by atoms with Crippen LogP contribution in [0.3, 0.4) is 0 Å². The number of halogens is 1. The molecule has 0 amide bonds. The van der Waals surface area contributed by atoms with Gasteiger partial charge in [-0.25, -0.2) is 0 Å². The lowest BCUT2D eigenvalue weighted by molar-refractivity contribution is -0.385. The second-order valence-corrected chi connectivity index (χ2v) is 4.18. The van der Waals surface area contributed by atoms with E-state index >= 15 is 0 Å². The first-order chi connectivity index (χ1) is 10.1. The molecule has 1 aromatic carbocycles. The molecule has 1 heterocycles. The van der Waals surface area contributed by atoms with E-state index in [2.05, 4.69) is 15.0 Å². The van der Waals surface area contributed by atoms with Gasteiger partial charge in [0.05, 0.1) is 11.5 Å². The van der Waals surface area contributed by atoms with Gasteiger partial charge in [-0.05, 0) is 24.1 Å². The lowest BCUT2D eigenvalue weighted by atomic mass is 10.3. The van der Waals surface area contributed by atoms with E-state index in [9.17, 15) is 10.1 Å². The first-order valence-electron chi connectivity index (χ1n) is 6.05. The highest BCUT2D eigenvalue weighted by molar-refractivity contribution is 6.28. The zero-order valence-corrected chi connectivity index (χ0v) is 11.8. The molecule has 0 saturated carbocycles. The molecule has 0 unspecified atom stereocenters. The molecule has 110 valence electrons. The maximum absolute atomic E-state index is 10.9. The third-order valence-electron chi connectivity index (χ3n) is 2.27. The van der Waals surface area contributed by atoms with Crippen molar-refractivity contribution in [1.82, 2.24) is 15.0 Å². The SMILES string of the molecule is CCCOc1nc(Cl)nc(Oc2ccccc2[N+](=O)[O-])n1. The highest BCUT2D eigenvalue weighted by atomic mass is 35.5. The van der Waals surface area contributed by atoms with Gasteiger partial charge in [0, 0.05) is 6.07 Å². The van der Waals surface area contributed by atoms with Crippen molar-refractivity contribution in [3.8, 4) is 17.8 Å². The highest BCUT2D eigenvalue weighted by Crippen LogP contribution is 2.29. The molecule has 2 aromatic rings. The molecule has 2 rings (SSSR count). The fourth-order valence-corrected chi connectivity index (χ4v) is 1.56. The minimum Gasteiger partial charge on any atom is -0.463 e.